The Bertz CT molecular complexity index is 1230. The van der Waals surface area contributed by atoms with Crippen molar-refractivity contribution < 1.29 is 9.59 Å². The first-order valence-electron chi connectivity index (χ1n) is 11.7. The number of benzene rings is 2. The highest BCUT2D eigenvalue weighted by Gasteiger charge is 2.25. The van der Waals surface area contributed by atoms with Gasteiger partial charge in [0.25, 0.3) is 11.1 Å². The van der Waals surface area contributed by atoms with Gasteiger partial charge < -0.3 is 10.6 Å². The third-order valence-corrected chi connectivity index (χ3v) is 7.22. The second-order valence-electron chi connectivity index (χ2n) is 8.79. The van der Waals surface area contributed by atoms with Gasteiger partial charge in [0, 0.05) is 18.8 Å². The highest BCUT2D eigenvalue weighted by molar-refractivity contribution is 8.18. The Morgan fingerprint density at radius 2 is 1.85 bits per heavy atom. The smallest absolute Gasteiger partial charge is 0.290 e. The minimum atomic E-state index is -0.379. The van der Waals surface area contributed by atoms with E-state index in [1.807, 2.05) is 0 Å². The first-order valence-corrected chi connectivity index (χ1v) is 12.5. The number of thioether (sulfide) groups is 1. The van der Waals surface area contributed by atoms with Crippen molar-refractivity contribution in [2.24, 2.45) is 5.92 Å². The third kappa shape index (κ3) is 5.46. The monoisotopic (exact) mass is 473 g/mol. The Morgan fingerprint density at radius 1 is 1.03 bits per heavy atom. The molecule has 3 N–H and O–H groups in total. The van der Waals surface area contributed by atoms with Gasteiger partial charge >= 0.3 is 0 Å². The average Bonchev–Trinajstić information content (AvgIpc) is 3.17. The van der Waals surface area contributed by atoms with Gasteiger partial charge in [0.1, 0.15) is 0 Å². The van der Waals surface area contributed by atoms with Crippen LogP contribution in [0.25, 0.3) is 16.8 Å². The molecule has 8 heteroatoms. The lowest BCUT2D eigenvalue weighted by molar-refractivity contribution is -0.115. The molecule has 0 spiro atoms. The molecule has 0 unspecified atom stereocenters. The van der Waals surface area contributed by atoms with E-state index < -0.39 is 0 Å². The SMILES string of the molecule is O=C1NC(=O)/C(=C/c2ccnc(N[C@H]3CC[C@H](CNCc4cccc5ccccc45)CC3)n2)S1. The number of carbonyl (C=O) groups is 2. The summed E-state index contributed by atoms with van der Waals surface area (Å²) < 4.78 is 0. The summed E-state index contributed by atoms with van der Waals surface area (Å²) in [5.41, 5.74) is 1.95. The number of carbonyl (C=O) groups excluding carboxylic acids is 2. The molecule has 34 heavy (non-hydrogen) atoms. The molecule has 1 aliphatic heterocycles. The molecule has 2 aromatic carbocycles. The fourth-order valence-corrected chi connectivity index (χ4v) is 5.30. The number of nitrogens with zero attached hydrogens (tertiary/aromatic N) is 2. The molecule has 0 radical (unpaired) electrons. The van der Waals surface area contributed by atoms with Gasteiger partial charge in [-0.15, -0.1) is 0 Å². The van der Waals surface area contributed by atoms with Crippen molar-refractivity contribution in [2.45, 2.75) is 38.3 Å². The van der Waals surface area contributed by atoms with Gasteiger partial charge in [-0.1, -0.05) is 42.5 Å². The van der Waals surface area contributed by atoms with Gasteiger partial charge in [-0.3, -0.25) is 14.9 Å². The maximum Gasteiger partial charge on any atom is 0.290 e. The summed E-state index contributed by atoms with van der Waals surface area (Å²) in [5.74, 6) is 0.845. The van der Waals surface area contributed by atoms with E-state index in [1.54, 1.807) is 18.3 Å². The van der Waals surface area contributed by atoms with Crippen molar-refractivity contribution in [3.8, 4) is 0 Å². The van der Waals surface area contributed by atoms with Crippen molar-refractivity contribution in [1.29, 1.82) is 0 Å². The van der Waals surface area contributed by atoms with Crippen molar-refractivity contribution in [3.63, 3.8) is 0 Å². The van der Waals surface area contributed by atoms with Crippen LogP contribution in [-0.2, 0) is 11.3 Å². The summed E-state index contributed by atoms with van der Waals surface area (Å²) in [6.07, 6.45) is 7.75. The Labute approximate surface area is 202 Å². The van der Waals surface area contributed by atoms with Crippen LogP contribution in [0.1, 0.15) is 36.9 Å². The Morgan fingerprint density at radius 3 is 2.68 bits per heavy atom. The lowest BCUT2D eigenvalue weighted by Crippen LogP contribution is -2.31. The number of amides is 2. The molecule has 1 aliphatic carbocycles. The maximum atomic E-state index is 11.7. The number of aromatic nitrogens is 2. The summed E-state index contributed by atoms with van der Waals surface area (Å²) in [5, 5.41) is 11.6. The number of anilines is 1. The van der Waals surface area contributed by atoms with E-state index in [9.17, 15) is 9.59 Å². The molecule has 0 bridgehead atoms. The number of hydrogen-bond acceptors (Lipinski definition) is 7. The molecule has 3 aromatic rings. The zero-order valence-electron chi connectivity index (χ0n) is 18.8. The molecule has 5 rings (SSSR count). The molecular weight excluding hydrogens is 446 g/mol. The predicted octanol–water partition coefficient (Wildman–Crippen LogP) is 4.71. The fraction of sp³-hybridized carbons (Fsp3) is 0.308. The molecule has 7 nitrogen and oxygen atoms in total. The standard InChI is InChI=1S/C26H27N5O2S/c32-24-23(34-26(33)31-24)14-21-12-13-28-25(30-21)29-20-10-8-17(9-11-20)15-27-16-19-6-3-5-18-4-1-2-7-22(18)19/h1-7,12-14,17,20,27H,8-11,15-16H2,(H,28,29,30)(H,31,32,33)/b23-14-/t17-,20-. The molecule has 0 atom stereocenters. The van der Waals surface area contributed by atoms with Gasteiger partial charge in [-0.05, 0) is 78.4 Å². The van der Waals surface area contributed by atoms with E-state index in [0.29, 0.717) is 28.5 Å². The van der Waals surface area contributed by atoms with Crippen LogP contribution in [0.15, 0.2) is 59.6 Å². The summed E-state index contributed by atoms with van der Waals surface area (Å²) >= 11 is 0.890. The van der Waals surface area contributed by atoms with Gasteiger partial charge in [0.15, 0.2) is 0 Å². The molecule has 1 saturated carbocycles. The summed E-state index contributed by atoms with van der Waals surface area (Å²) in [7, 11) is 0. The third-order valence-electron chi connectivity index (χ3n) is 6.41. The molecule has 1 aromatic heterocycles. The van der Waals surface area contributed by atoms with Crippen molar-refractivity contribution in [2.75, 3.05) is 11.9 Å². The predicted molar refractivity (Wildman–Crippen MR) is 136 cm³/mol. The molecule has 1 saturated heterocycles. The van der Waals surface area contributed by atoms with Crippen molar-refractivity contribution >= 4 is 45.7 Å². The summed E-state index contributed by atoms with van der Waals surface area (Å²) in [6, 6.07) is 17.1. The van der Waals surface area contributed by atoms with E-state index in [0.717, 1.165) is 50.5 Å². The lowest BCUT2D eigenvalue weighted by Gasteiger charge is -2.29. The van der Waals surface area contributed by atoms with Crippen LogP contribution >= 0.6 is 11.8 Å². The zero-order chi connectivity index (χ0) is 23.3. The molecule has 2 amide bonds. The lowest BCUT2D eigenvalue weighted by atomic mass is 9.86. The highest BCUT2D eigenvalue weighted by atomic mass is 32.2. The van der Waals surface area contributed by atoms with Gasteiger partial charge in [-0.25, -0.2) is 9.97 Å². The highest BCUT2D eigenvalue weighted by Crippen LogP contribution is 2.27. The van der Waals surface area contributed by atoms with Crippen molar-refractivity contribution in [1.82, 2.24) is 20.6 Å². The van der Waals surface area contributed by atoms with Crippen LogP contribution < -0.4 is 16.0 Å². The van der Waals surface area contributed by atoms with E-state index >= 15 is 0 Å². The minimum Gasteiger partial charge on any atom is -0.351 e. The topological polar surface area (TPSA) is 96.0 Å². The quantitative estimate of drug-likeness (QED) is 0.428. The van der Waals surface area contributed by atoms with Crippen LogP contribution in [0.3, 0.4) is 0 Å². The van der Waals surface area contributed by atoms with E-state index in [4.69, 9.17) is 0 Å². The van der Waals surface area contributed by atoms with Crippen LogP contribution in [0, 0.1) is 5.92 Å². The average molecular weight is 474 g/mol. The number of nitrogens with one attached hydrogen (secondary N) is 3. The molecular formula is C26H27N5O2S. The maximum absolute atomic E-state index is 11.7. The number of fused-ring (bicyclic) bond motifs is 1. The van der Waals surface area contributed by atoms with Crippen LogP contribution in [0.2, 0.25) is 0 Å². The second kappa shape index (κ2) is 10.4. The molecule has 174 valence electrons. The van der Waals surface area contributed by atoms with Crippen LogP contribution in [0.4, 0.5) is 10.7 Å². The number of imide groups is 1. The van der Waals surface area contributed by atoms with Gasteiger partial charge in [0.2, 0.25) is 5.95 Å². The minimum absolute atomic E-state index is 0.336. The van der Waals surface area contributed by atoms with E-state index in [-0.39, 0.29) is 11.1 Å². The molecule has 2 aliphatic rings. The van der Waals surface area contributed by atoms with Crippen LogP contribution in [0.5, 0.6) is 0 Å². The summed E-state index contributed by atoms with van der Waals surface area (Å²) in [4.78, 5) is 32.3. The van der Waals surface area contributed by atoms with Crippen molar-refractivity contribution in [3.05, 3.63) is 70.9 Å². The number of hydrogen-bond donors (Lipinski definition) is 3. The Kier molecular flexibility index (Phi) is 6.87. The number of rotatable bonds is 7. The molecule has 2 fully saturated rings. The van der Waals surface area contributed by atoms with E-state index in [1.165, 1.54) is 16.3 Å². The first kappa shape index (κ1) is 22.6. The van der Waals surface area contributed by atoms with E-state index in [2.05, 4.69) is 68.4 Å². The normalized spacial score (nSPS) is 21.7. The van der Waals surface area contributed by atoms with Gasteiger partial charge in [0.05, 0.1) is 10.6 Å². The molecule has 2 heterocycles. The van der Waals surface area contributed by atoms with Crippen LogP contribution in [-0.4, -0.2) is 33.7 Å². The van der Waals surface area contributed by atoms with Gasteiger partial charge in [-0.2, -0.15) is 0 Å². The Hall–Kier alpha value is -3.23. The first-order chi connectivity index (χ1) is 16.6. The second-order valence-corrected chi connectivity index (χ2v) is 9.80. The fourth-order valence-electron chi connectivity index (χ4n) is 4.63. The zero-order valence-corrected chi connectivity index (χ0v) is 19.6. The Balaban J connectivity index is 1.10. The summed E-state index contributed by atoms with van der Waals surface area (Å²) in [6.45, 7) is 1.91. The largest absolute Gasteiger partial charge is 0.351 e.